The first-order valence-electron chi connectivity index (χ1n) is 12.4. The number of esters is 1. The minimum Gasteiger partial charge on any atom is -0.496 e. The molecule has 0 fully saturated rings. The molecule has 0 radical (unpaired) electrons. The Morgan fingerprint density at radius 2 is 1.55 bits per heavy atom. The number of amides is 1. The number of benzene rings is 2. The second kappa shape index (κ2) is 14.4. The third-order valence-electron chi connectivity index (χ3n) is 5.59. The average molecular weight is 533 g/mol. The minimum absolute atomic E-state index is 0.117. The number of nitrogens with one attached hydrogen (secondary N) is 2. The molecule has 2 aromatic rings. The van der Waals surface area contributed by atoms with E-state index in [1.54, 1.807) is 39.8 Å². The maximum absolute atomic E-state index is 13.0. The number of hydrogen-bond acceptors (Lipinski definition) is 9. The maximum Gasteiger partial charge on any atom is 0.407 e. The van der Waals surface area contributed by atoms with Crippen molar-refractivity contribution in [3.05, 3.63) is 53.6 Å². The molecule has 0 aliphatic heterocycles. The molecule has 1 amide bonds. The summed E-state index contributed by atoms with van der Waals surface area (Å²) in [6.45, 7) is 7.15. The van der Waals surface area contributed by atoms with Crippen molar-refractivity contribution in [3.8, 4) is 17.2 Å². The Hall–Kier alpha value is -3.50. The van der Waals surface area contributed by atoms with E-state index in [0.717, 1.165) is 5.56 Å². The lowest BCUT2D eigenvalue weighted by molar-refractivity contribution is -0.149. The van der Waals surface area contributed by atoms with Crippen molar-refractivity contribution in [3.63, 3.8) is 0 Å². The molecule has 0 saturated heterocycles. The lowest BCUT2D eigenvalue weighted by atomic mass is 9.96. The van der Waals surface area contributed by atoms with Crippen molar-refractivity contribution < 1.29 is 38.4 Å². The van der Waals surface area contributed by atoms with Crippen molar-refractivity contribution in [1.29, 1.82) is 0 Å². The third kappa shape index (κ3) is 9.11. The summed E-state index contributed by atoms with van der Waals surface area (Å²) in [4.78, 5) is 25.6. The number of rotatable bonds is 13. The molecule has 0 bridgehead atoms. The second-order valence-corrected chi connectivity index (χ2v) is 9.56. The second-order valence-electron chi connectivity index (χ2n) is 9.56. The topological polar surface area (TPSA) is 125 Å². The minimum atomic E-state index is -1.37. The molecule has 3 atom stereocenters. The number of aliphatic hydroxyl groups is 1. The highest BCUT2D eigenvalue weighted by atomic mass is 16.6. The highest BCUT2D eigenvalue weighted by Crippen LogP contribution is 2.34. The maximum atomic E-state index is 13.0. The summed E-state index contributed by atoms with van der Waals surface area (Å²) in [7, 11) is 4.55. The van der Waals surface area contributed by atoms with Crippen LogP contribution in [0.1, 0.15) is 38.8 Å². The van der Waals surface area contributed by atoms with Gasteiger partial charge in [-0.15, -0.1) is 0 Å². The van der Waals surface area contributed by atoms with Gasteiger partial charge in [0.15, 0.2) is 11.5 Å². The number of carbonyl (C=O) groups is 2. The van der Waals surface area contributed by atoms with Gasteiger partial charge in [0.25, 0.3) is 0 Å². The number of ether oxygens (including phenoxy) is 5. The predicted octanol–water partition coefficient (Wildman–Crippen LogP) is 3.23. The standard InChI is InChI=1S/C28H40N2O8/c1-8-37-26(32)24(29-17-19-15-22(35-6)23(36-7)16-21(19)34-5)25(31)20(14-18-12-10-9-11-13-18)30-27(33)38-28(2,3)4/h9-13,15-16,20,24-25,29,31H,8,14,17H2,1-7H3,(H,30,33)/t20-,24+,25+/m0/s1. The molecule has 0 unspecified atom stereocenters. The summed E-state index contributed by atoms with van der Waals surface area (Å²) >= 11 is 0. The molecule has 0 spiro atoms. The van der Waals surface area contributed by atoms with E-state index in [1.807, 2.05) is 30.3 Å². The Labute approximate surface area is 224 Å². The van der Waals surface area contributed by atoms with E-state index in [9.17, 15) is 14.7 Å². The highest BCUT2D eigenvalue weighted by Gasteiger charge is 2.36. The van der Waals surface area contributed by atoms with Gasteiger partial charge >= 0.3 is 12.1 Å². The van der Waals surface area contributed by atoms with Crippen LogP contribution in [0.25, 0.3) is 0 Å². The molecular formula is C28H40N2O8. The summed E-state index contributed by atoms with van der Waals surface area (Å²) < 4.78 is 26.9. The zero-order chi connectivity index (χ0) is 28.3. The zero-order valence-corrected chi connectivity index (χ0v) is 23.2. The summed E-state index contributed by atoms with van der Waals surface area (Å²) in [5.74, 6) is 0.801. The molecule has 0 saturated carbocycles. The lowest BCUT2D eigenvalue weighted by Gasteiger charge is -2.31. The Kier molecular flexibility index (Phi) is 11.7. The Bertz CT molecular complexity index is 1040. The van der Waals surface area contributed by atoms with Gasteiger partial charge in [0.05, 0.1) is 34.0 Å². The zero-order valence-electron chi connectivity index (χ0n) is 23.2. The Balaban J connectivity index is 2.36. The van der Waals surface area contributed by atoms with E-state index in [1.165, 1.54) is 21.3 Å². The lowest BCUT2D eigenvalue weighted by Crippen LogP contribution is -2.57. The molecule has 0 heterocycles. The van der Waals surface area contributed by atoms with Crippen molar-refractivity contribution in [2.75, 3.05) is 27.9 Å². The van der Waals surface area contributed by atoms with Gasteiger partial charge in [-0.3, -0.25) is 10.1 Å². The summed E-state index contributed by atoms with van der Waals surface area (Å²) in [6, 6.07) is 10.7. The van der Waals surface area contributed by atoms with Crippen LogP contribution in [-0.4, -0.2) is 68.9 Å². The van der Waals surface area contributed by atoms with E-state index >= 15 is 0 Å². The van der Waals surface area contributed by atoms with Crippen LogP contribution in [0.4, 0.5) is 4.79 Å². The van der Waals surface area contributed by atoms with Gasteiger partial charge in [-0.1, -0.05) is 30.3 Å². The van der Waals surface area contributed by atoms with E-state index in [0.29, 0.717) is 22.8 Å². The fourth-order valence-electron chi connectivity index (χ4n) is 3.84. The van der Waals surface area contributed by atoms with Crippen molar-refractivity contribution in [2.24, 2.45) is 0 Å². The van der Waals surface area contributed by atoms with Crippen LogP contribution in [0.2, 0.25) is 0 Å². The smallest absolute Gasteiger partial charge is 0.407 e. The van der Waals surface area contributed by atoms with Gasteiger partial charge in [0.2, 0.25) is 0 Å². The molecule has 2 aromatic carbocycles. The van der Waals surface area contributed by atoms with Gasteiger partial charge in [0.1, 0.15) is 23.5 Å². The normalized spacial score (nSPS) is 13.6. The van der Waals surface area contributed by atoms with E-state index in [4.69, 9.17) is 23.7 Å². The van der Waals surface area contributed by atoms with Crippen LogP contribution in [0.3, 0.4) is 0 Å². The monoisotopic (exact) mass is 532 g/mol. The van der Waals surface area contributed by atoms with Gasteiger partial charge in [0, 0.05) is 18.2 Å². The number of hydrogen-bond donors (Lipinski definition) is 3. The van der Waals surface area contributed by atoms with Crippen molar-refractivity contribution in [1.82, 2.24) is 10.6 Å². The first kappa shape index (κ1) is 30.7. The van der Waals surface area contributed by atoms with Crippen LogP contribution in [0.15, 0.2) is 42.5 Å². The number of methoxy groups -OCH3 is 3. The SMILES string of the molecule is CCOC(=O)[C@H](NCc1cc(OC)c(OC)cc1OC)[C@H](O)[C@H](Cc1ccccc1)NC(=O)OC(C)(C)C. The van der Waals surface area contributed by atoms with Gasteiger partial charge in [-0.05, 0) is 45.7 Å². The quantitative estimate of drug-likeness (QED) is 0.334. The molecule has 0 aliphatic carbocycles. The molecule has 10 heteroatoms. The molecule has 210 valence electrons. The van der Waals surface area contributed by atoms with Gasteiger partial charge < -0.3 is 34.1 Å². The van der Waals surface area contributed by atoms with Crippen LogP contribution in [-0.2, 0) is 27.2 Å². The molecule has 2 rings (SSSR count). The molecular weight excluding hydrogens is 492 g/mol. The van der Waals surface area contributed by atoms with Crippen LogP contribution in [0, 0.1) is 0 Å². The van der Waals surface area contributed by atoms with E-state index < -0.39 is 35.9 Å². The summed E-state index contributed by atoms with van der Waals surface area (Å²) in [5, 5.41) is 17.3. The van der Waals surface area contributed by atoms with Crippen molar-refractivity contribution in [2.45, 2.75) is 64.4 Å². The first-order chi connectivity index (χ1) is 18.0. The molecule has 3 N–H and O–H groups in total. The fraction of sp³-hybridized carbons (Fsp3) is 0.500. The number of aliphatic hydroxyl groups excluding tert-OH is 1. The Morgan fingerprint density at radius 3 is 2.11 bits per heavy atom. The highest BCUT2D eigenvalue weighted by molar-refractivity contribution is 5.77. The van der Waals surface area contributed by atoms with Gasteiger partial charge in [-0.25, -0.2) is 4.79 Å². The van der Waals surface area contributed by atoms with Crippen molar-refractivity contribution >= 4 is 12.1 Å². The number of carbonyl (C=O) groups excluding carboxylic acids is 2. The van der Waals surface area contributed by atoms with Crippen LogP contribution in [0.5, 0.6) is 17.2 Å². The average Bonchev–Trinajstić information content (AvgIpc) is 2.87. The fourth-order valence-corrected chi connectivity index (χ4v) is 3.84. The molecule has 10 nitrogen and oxygen atoms in total. The van der Waals surface area contributed by atoms with E-state index in [2.05, 4.69) is 10.6 Å². The van der Waals surface area contributed by atoms with E-state index in [-0.39, 0.29) is 19.6 Å². The molecule has 0 aromatic heterocycles. The van der Waals surface area contributed by atoms with Crippen LogP contribution >= 0.6 is 0 Å². The summed E-state index contributed by atoms with van der Waals surface area (Å²) in [6.07, 6.45) is -1.83. The third-order valence-corrected chi connectivity index (χ3v) is 5.59. The summed E-state index contributed by atoms with van der Waals surface area (Å²) in [5.41, 5.74) is 0.776. The Morgan fingerprint density at radius 1 is 0.947 bits per heavy atom. The van der Waals surface area contributed by atoms with Crippen LogP contribution < -0.4 is 24.8 Å². The molecule has 0 aliphatic rings. The predicted molar refractivity (Wildman–Crippen MR) is 143 cm³/mol. The largest absolute Gasteiger partial charge is 0.496 e. The first-order valence-corrected chi connectivity index (χ1v) is 12.4. The molecule has 38 heavy (non-hydrogen) atoms. The number of alkyl carbamates (subject to hydrolysis) is 1. The van der Waals surface area contributed by atoms with Gasteiger partial charge in [-0.2, -0.15) is 0 Å².